The van der Waals surface area contributed by atoms with Gasteiger partial charge in [-0.1, -0.05) is 96.1 Å². The Kier molecular flexibility index (Phi) is 19.1. The summed E-state index contributed by atoms with van der Waals surface area (Å²) in [4.78, 5) is 27.4. The minimum atomic E-state index is 1.07. The first-order chi connectivity index (χ1) is 48.5. The Morgan fingerprint density at radius 2 is 0.637 bits per heavy atom. The molecule has 0 fully saturated rings. The van der Waals surface area contributed by atoms with Gasteiger partial charge in [-0.3, -0.25) is 29.9 Å². The van der Waals surface area contributed by atoms with Gasteiger partial charge in [0, 0.05) is 104 Å². The summed E-state index contributed by atoms with van der Waals surface area (Å²) in [5, 5.41) is 0. The summed E-state index contributed by atoms with van der Waals surface area (Å²) in [6, 6.07) is 31.5. The normalized spacial score (nSPS) is 12.5. The molecule has 0 bridgehead atoms. The van der Waals surface area contributed by atoms with Gasteiger partial charge in [-0.05, 0) is 383 Å². The van der Waals surface area contributed by atoms with Crippen LogP contribution in [0.2, 0.25) is 0 Å². The van der Waals surface area contributed by atoms with E-state index in [0.717, 1.165) is 61.3 Å². The number of benzene rings is 6. The maximum atomic E-state index is 4.67. The summed E-state index contributed by atoms with van der Waals surface area (Å²) >= 11 is 0. The summed E-state index contributed by atoms with van der Waals surface area (Å²) in [6.07, 6.45) is 14.6. The fraction of sp³-hybridized carbons (Fsp3) is 0.312. The van der Waals surface area contributed by atoms with Gasteiger partial charge >= 0.3 is 0 Å². The van der Waals surface area contributed by atoms with E-state index in [1.165, 1.54) is 245 Å². The average molecular weight is 1340 g/mol. The Morgan fingerprint density at radius 1 is 0.206 bits per heavy atom. The van der Waals surface area contributed by atoms with Crippen LogP contribution in [0.4, 0.5) is 0 Å². The molecule has 0 atom stereocenters. The third-order valence-electron chi connectivity index (χ3n) is 24.2. The topological polar surface area (TPSA) is 77.3 Å². The zero-order valence-corrected chi connectivity index (χ0v) is 65.3. The van der Waals surface area contributed by atoms with Crippen molar-refractivity contribution < 1.29 is 0 Å². The fourth-order valence-electron chi connectivity index (χ4n) is 17.1. The third kappa shape index (κ3) is 12.5. The second kappa shape index (κ2) is 27.5. The van der Waals surface area contributed by atoms with Crippen LogP contribution in [0.25, 0.3) is 66.8 Å². The maximum Gasteiger partial charge on any atom is 0.0457 e. The van der Waals surface area contributed by atoms with Crippen LogP contribution in [0.5, 0.6) is 0 Å². The van der Waals surface area contributed by atoms with Gasteiger partial charge in [0.15, 0.2) is 0 Å². The highest BCUT2D eigenvalue weighted by Crippen LogP contribution is 2.47. The standard InChI is InChI=1S/6C16H17N/c1-9-5-13-7-14-11(3)12(4)17-8-16(14)15(13)6-10(9)2;1-9-5-10(2)16-13(6-9)7-14-11(3)12(4)17-8-15(14)16;1-9-5-6-13-7-14-11(3)12(4)17-8-15(14)16(13)10(9)2;1-9-5-6-10(2)16-13(9)7-14-11(3)12(4)17-8-15(14)16;1-9-5-6-14-13(7-9)8-15-10(2)11(3)17-12(4)16(14)15;1-9-6-5-7-13-14(9)8-15-10(2)11(3)17-12(4)16(13)15/h4*5-6,8H,7H2,1-4H3;2*5-7H,8H2,1-4H3. The van der Waals surface area contributed by atoms with Gasteiger partial charge in [-0.2, -0.15) is 0 Å². The predicted octanol–water partition coefficient (Wildman–Crippen LogP) is 23.3. The van der Waals surface area contributed by atoms with Gasteiger partial charge in [0.05, 0.1) is 0 Å². The van der Waals surface area contributed by atoms with Crippen LogP contribution in [0, 0.1) is 166 Å². The molecular formula is C96H102N6. The van der Waals surface area contributed by atoms with E-state index in [-0.39, 0.29) is 0 Å². The lowest BCUT2D eigenvalue weighted by atomic mass is 9.97. The van der Waals surface area contributed by atoms with Gasteiger partial charge in [0.1, 0.15) is 0 Å². The quantitative estimate of drug-likeness (QED) is 0.151. The lowest BCUT2D eigenvalue weighted by Crippen LogP contribution is -1.97. The lowest BCUT2D eigenvalue weighted by molar-refractivity contribution is 1.06. The van der Waals surface area contributed by atoms with Gasteiger partial charge < -0.3 is 0 Å². The average Bonchev–Trinajstić information content (AvgIpc) is 1.63. The highest BCUT2D eigenvalue weighted by atomic mass is 14.7. The molecule has 0 N–H and O–H groups in total. The van der Waals surface area contributed by atoms with Crippen LogP contribution in [0.3, 0.4) is 0 Å². The molecule has 6 aromatic heterocycles. The molecule has 516 valence electrons. The minimum Gasteiger partial charge on any atom is -0.261 e. The van der Waals surface area contributed by atoms with Gasteiger partial charge in [0.2, 0.25) is 0 Å². The van der Waals surface area contributed by atoms with Crippen LogP contribution >= 0.6 is 0 Å². The van der Waals surface area contributed by atoms with Crippen molar-refractivity contribution in [3.05, 3.63) is 311 Å². The Hall–Kier alpha value is -9.78. The van der Waals surface area contributed by atoms with Crippen molar-refractivity contribution in [1.29, 1.82) is 0 Å². The van der Waals surface area contributed by atoms with Crippen molar-refractivity contribution in [1.82, 2.24) is 29.9 Å². The van der Waals surface area contributed by atoms with Crippen LogP contribution in [0.15, 0.2) is 110 Å². The zero-order valence-electron chi connectivity index (χ0n) is 65.3. The molecule has 0 saturated heterocycles. The molecule has 0 radical (unpaired) electrons. The monoisotopic (exact) mass is 1340 g/mol. The number of pyridine rings is 6. The molecule has 0 amide bonds. The molecule has 0 unspecified atom stereocenters. The van der Waals surface area contributed by atoms with Crippen molar-refractivity contribution in [2.24, 2.45) is 0 Å². The number of aromatic nitrogens is 6. The molecular weight excluding hydrogens is 1240 g/mol. The molecule has 6 nitrogen and oxygen atoms in total. The van der Waals surface area contributed by atoms with Crippen molar-refractivity contribution in [3.8, 4) is 66.8 Å². The molecule has 0 aliphatic heterocycles. The predicted molar refractivity (Wildman–Crippen MR) is 429 cm³/mol. The van der Waals surface area contributed by atoms with Crippen LogP contribution < -0.4 is 0 Å². The Labute approximate surface area is 608 Å². The maximum absolute atomic E-state index is 4.67. The van der Waals surface area contributed by atoms with E-state index in [2.05, 4.69) is 293 Å². The van der Waals surface area contributed by atoms with Crippen molar-refractivity contribution >= 4 is 0 Å². The Balaban J connectivity index is 0.000000109. The number of fused-ring (bicyclic) bond motifs is 18. The number of hydrogen-bond acceptors (Lipinski definition) is 6. The molecule has 6 aliphatic carbocycles. The van der Waals surface area contributed by atoms with E-state index in [9.17, 15) is 0 Å². The van der Waals surface area contributed by atoms with E-state index in [1.54, 1.807) is 0 Å². The summed E-state index contributed by atoms with van der Waals surface area (Å²) in [6.45, 7) is 51.9. The summed E-state index contributed by atoms with van der Waals surface area (Å²) in [5.41, 5.74) is 65.5. The summed E-state index contributed by atoms with van der Waals surface area (Å²) in [7, 11) is 0. The van der Waals surface area contributed by atoms with E-state index in [4.69, 9.17) is 0 Å². The van der Waals surface area contributed by atoms with Crippen molar-refractivity contribution in [2.45, 2.75) is 205 Å². The molecule has 6 heterocycles. The second-order valence-corrected chi connectivity index (χ2v) is 30.6. The van der Waals surface area contributed by atoms with E-state index >= 15 is 0 Å². The Morgan fingerprint density at radius 3 is 1.25 bits per heavy atom. The minimum absolute atomic E-state index is 1.07. The van der Waals surface area contributed by atoms with Gasteiger partial charge in [0.25, 0.3) is 0 Å². The van der Waals surface area contributed by atoms with Gasteiger partial charge in [-0.25, -0.2) is 0 Å². The first kappa shape index (κ1) is 70.6. The molecule has 12 aromatic rings. The summed E-state index contributed by atoms with van der Waals surface area (Å²) < 4.78 is 0. The smallest absolute Gasteiger partial charge is 0.0457 e. The lowest BCUT2D eigenvalue weighted by Gasteiger charge is -2.10. The van der Waals surface area contributed by atoms with Crippen molar-refractivity contribution in [2.75, 3.05) is 0 Å². The Bertz CT molecular complexity index is 5490. The molecule has 6 aromatic carbocycles. The van der Waals surface area contributed by atoms with E-state index in [0.29, 0.717) is 0 Å². The second-order valence-electron chi connectivity index (χ2n) is 30.6. The molecule has 6 heteroatoms. The SMILES string of the molecule is Cc1cc(C)c2c(c1)Cc1c-2cnc(C)c1C.Cc1cc2c(cc1C)-c1cnc(C)c(C)c1C2.Cc1ccc(C)c2c1Cc1c-2cnc(C)c1C.Cc1ccc2c(c1)Cc1c(C)c(C)nc(C)c1-2.Cc1ccc2c(c1C)-c1cnc(C)c(C)c1C2.Cc1cccc2c1Cc1c(C)c(C)nc(C)c1-2. The van der Waals surface area contributed by atoms with E-state index < -0.39 is 0 Å². The van der Waals surface area contributed by atoms with Gasteiger partial charge in [-0.15, -0.1) is 0 Å². The fourth-order valence-corrected chi connectivity index (χ4v) is 17.1. The molecule has 0 saturated carbocycles. The highest BCUT2D eigenvalue weighted by molar-refractivity contribution is 5.85. The zero-order chi connectivity index (χ0) is 72.9. The molecule has 6 aliphatic rings. The van der Waals surface area contributed by atoms with Crippen LogP contribution in [0.1, 0.15) is 201 Å². The van der Waals surface area contributed by atoms with E-state index in [1.807, 2.05) is 12.4 Å². The largest absolute Gasteiger partial charge is 0.261 e. The molecule has 0 spiro atoms. The number of nitrogens with zero attached hydrogens (tertiary/aromatic N) is 6. The third-order valence-corrected chi connectivity index (χ3v) is 24.2. The first-order valence-corrected chi connectivity index (χ1v) is 36.8. The highest BCUT2D eigenvalue weighted by Gasteiger charge is 2.30. The van der Waals surface area contributed by atoms with Crippen LogP contribution in [-0.2, 0) is 38.5 Å². The number of aryl methyl sites for hydroxylation is 17. The first-order valence-electron chi connectivity index (χ1n) is 36.8. The number of rotatable bonds is 0. The summed E-state index contributed by atoms with van der Waals surface area (Å²) in [5.74, 6) is 0. The van der Waals surface area contributed by atoms with Crippen molar-refractivity contribution in [3.63, 3.8) is 0 Å². The van der Waals surface area contributed by atoms with Crippen LogP contribution in [-0.4, -0.2) is 29.9 Å². The molecule has 102 heavy (non-hydrogen) atoms. The number of hydrogen-bond donors (Lipinski definition) is 0. The molecule has 18 rings (SSSR count).